The SMILES string of the molecule is COc1ccc(N2CCN(C(=O)COC(=O)c3ccc4[nH]c5c(c4c3)CC(C)CC5)CC2)cc1. The number of nitrogens with zero attached hydrogens (tertiary/aromatic N) is 2. The van der Waals surface area contributed by atoms with Gasteiger partial charge in [0.05, 0.1) is 12.7 Å². The molecule has 1 aromatic heterocycles. The monoisotopic (exact) mass is 461 g/mol. The van der Waals surface area contributed by atoms with Gasteiger partial charge in [-0.3, -0.25) is 4.79 Å². The van der Waals surface area contributed by atoms with Crippen molar-refractivity contribution < 1.29 is 19.1 Å². The number of hydrogen-bond donors (Lipinski definition) is 1. The van der Waals surface area contributed by atoms with Crippen LogP contribution in [0.1, 0.15) is 35.0 Å². The van der Waals surface area contributed by atoms with E-state index in [-0.39, 0.29) is 12.5 Å². The van der Waals surface area contributed by atoms with Gasteiger partial charge in [0.15, 0.2) is 6.61 Å². The molecular formula is C27H31N3O4. The summed E-state index contributed by atoms with van der Waals surface area (Å²) >= 11 is 0. The molecule has 178 valence electrons. The van der Waals surface area contributed by atoms with Gasteiger partial charge in [0, 0.05) is 48.5 Å². The molecule has 1 N–H and O–H groups in total. The molecule has 1 atom stereocenters. The molecule has 2 aliphatic rings. The van der Waals surface area contributed by atoms with Crippen LogP contribution in [0.25, 0.3) is 10.9 Å². The molecule has 1 saturated heterocycles. The van der Waals surface area contributed by atoms with Crippen LogP contribution in [0, 0.1) is 5.92 Å². The lowest BCUT2D eigenvalue weighted by Gasteiger charge is -2.36. The number of carbonyl (C=O) groups is 2. The summed E-state index contributed by atoms with van der Waals surface area (Å²) in [7, 11) is 1.65. The van der Waals surface area contributed by atoms with Crippen LogP contribution >= 0.6 is 0 Å². The Balaban J connectivity index is 1.16. The zero-order valence-corrected chi connectivity index (χ0v) is 19.8. The summed E-state index contributed by atoms with van der Waals surface area (Å²) in [5, 5.41) is 1.09. The minimum absolute atomic E-state index is 0.156. The molecule has 0 radical (unpaired) electrons. The average molecular weight is 462 g/mol. The van der Waals surface area contributed by atoms with Gasteiger partial charge in [0.2, 0.25) is 0 Å². The van der Waals surface area contributed by atoms with Crippen LogP contribution in [0.5, 0.6) is 5.75 Å². The minimum Gasteiger partial charge on any atom is -0.497 e. The van der Waals surface area contributed by atoms with Crippen LogP contribution in [-0.4, -0.2) is 61.7 Å². The van der Waals surface area contributed by atoms with E-state index in [0.29, 0.717) is 24.6 Å². The molecule has 5 rings (SSSR count). The molecule has 0 spiro atoms. The van der Waals surface area contributed by atoms with Crippen molar-refractivity contribution in [1.82, 2.24) is 9.88 Å². The van der Waals surface area contributed by atoms with E-state index in [1.807, 2.05) is 36.4 Å². The van der Waals surface area contributed by atoms with Gasteiger partial charge >= 0.3 is 5.97 Å². The van der Waals surface area contributed by atoms with Crippen molar-refractivity contribution in [2.75, 3.05) is 44.8 Å². The fourth-order valence-corrected chi connectivity index (χ4v) is 5.03. The lowest BCUT2D eigenvalue weighted by molar-refractivity contribution is -0.134. The Hall–Kier alpha value is -3.48. The van der Waals surface area contributed by atoms with Crippen molar-refractivity contribution in [3.05, 3.63) is 59.3 Å². The highest BCUT2D eigenvalue weighted by molar-refractivity contribution is 5.97. The second kappa shape index (κ2) is 9.41. The summed E-state index contributed by atoms with van der Waals surface area (Å²) in [6.07, 6.45) is 3.26. The molecule has 7 nitrogen and oxygen atoms in total. The lowest BCUT2D eigenvalue weighted by atomic mass is 9.87. The number of methoxy groups -OCH3 is 1. The first-order chi connectivity index (χ1) is 16.5. The zero-order chi connectivity index (χ0) is 23.7. The molecule has 2 aromatic carbocycles. The van der Waals surface area contributed by atoms with Crippen LogP contribution in [0.15, 0.2) is 42.5 Å². The third-order valence-corrected chi connectivity index (χ3v) is 7.07. The highest BCUT2D eigenvalue weighted by Crippen LogP contribution is 2.32. The second-order valence-electron chi connectivity index (χ2n) is 9.33. The summed E-state index contributed by atoms with van der Waals surface area (Å²) in [6, 6.07) is 13.5. The van der Waals surface area contributed by atoms with Gasteiger partial charge in [0.25, 0.3) is 5.91 Å². The van der Waals surface area contributed by atoms with Gasteiger partial charge in [-0.05, 0) is 73.2 Å². The van der Waals surface area contributed by atoms with Crippen LogP contribution in [0.4, 0.5) is 5.69 Å². The normalized spacial score (nSPS) is 18.0. The van der Waals surface area contributed by atoms with Gasteiger partial charge in [-0.15, -0.1) is 0 Å². The van der Waals surface area contributed by atoms with Crippen LogP contribution in [-0.2, 0) is 22.4 Å². The number of aromatic amines is 1. The molecule has 1 aliphatic heterocycles. The Bertz CT molecular complexity index is 1190. The van der Waals surface area contributed by atoms with E-state index in [1.54, 1.807) is 18.1 Å². The third kappa shape index (κ3) is 4.47. The number of ether oxygens (including phenoxy) is 2. The first kappa shape index (κ1) is 22.3. The number of aryl methyl sites for hydroxylation is 1. The van der Waals surface area contributed by atoms with Crippen molar-refractivity contribution in [2.45, 2.75) is 26.2 Å². The summed E-state index contributed by atoms with van der Waals surface area (Å²) in [5.41, 5.74) is 5.25. The topological polar surface area (TPSA) is 74.9 Å². The fourth-order valence-electron chi connectivity index (χ4n) is 5.03. The zero-order valence-electron chi connectivity index (χ0n) is 19.8. The molecule has 1 aliphatic carbocycles. The predicted molar refractivity (Wildman–Crippen MR) is 132 cm³/mol. The number of amides is 1. The molecule has 1 amide bonds. The molecule has 3 aromatic rings. The van der Waals surface area contributed by atoms with E-state index in [1.165, 1.54) is 17.7 Å². The first-order valence-corrected chi connectivity index (χ1v) is 12.0. The van der Waals surface area contributed by atoms with Gasteiger partial charge in [-0.1, -0.05) is 6.92 Å². The first-order valence-electron chi connectivity index (χ1n) is 12.0. The largest absolute Gasteiger partial charge is 0.497 e. The Morgan fingerprint density at radius 1 is 1.06 bits per heavy atom. The van der Waals surface area contributed by atoms with Crippen molar-refractivity contribution in [1.29, 1.82) is 0 Å². The standard InChI is InChI=1S/C27H31N3O4/c1-18-3-9-24-22(15-18)23-16-19(4-10-25(23)28-24)27(32)34-17-26(31)30-13-11-29(12-14-30)20-5-7-21(33-2)8-6-20/h4-8,10,16,18,28H,3,9,11-15,17H2,1-2H3. The molecule has 1 unspecified atom stereocenters. The number of H-pyrrole nitrogens is 1. The van der Waals surface area contributed by atoms with Crippen molar-refractivity contribution >= 4 is 28.5 Å². The number of benzene rings is 2. The number of fused-ring (bicyclic) bond motifs is 3. The Kier molecular flexibility index (Phi) is 6.18. The average Bonchev–Trinajstić information content (AvgIpc) is 3.24. The minimum atomic E-state index is -0.453. The van der Waals surface area contributed by atoms with E-state index in [9.17, 15) is 9.59 Å². The molecule has 7 heteroatoms. The molecule has 2 heterocycles. The quantitative estimate of drug-likeness (QED) is 0.585. The number of piperazine rings is 1. The molecule has 1 fully saturated rings. The lowest BCUT2D eigenvalue weighted by Crippen LogP contribution is -2.49. The summed E-state index contributed by atoms with van der Waals surface area (Å²) in [4.78, 5) is 32.9. The number of nitrogens with one attached hydrogen (secondary N) is 1. The molecular weight excluding hydrogens is 430 g/mol. The highest BCUT2D eigenvalue weighted by atomic mass is 16.5. The van der Waals surface area contributed by atoms with Crippen molar-refractivity contribution in [3.8, 4) is 5.75 Å². The smallest absolute Gasteiger partial charge is 0.338 e. The predicted octanol–water partition coefficient (Wildman–Crippen LogP) is 3.81. The number of hydrogen-bond acceptors (Lipinski definition) is 5. The van der Waals surface area contributed by atoms with E-state index in [2.05, 4.69) is 16.8 Å². The number of aromatic nitrogens is 1. The summed E-state index contributed by atoms with van der Waals surface area (Å²) in [5.74, 6) is 0.858. The Morgan fingerprint density at radius 2 is 1.82 bits per heavy atom. The Morgan fingerprint density at radius 3 is 2.56 bits per heavy atom. The maximum absolute atomic E-state index is 12.7. The van der Waals surface area contributed by atoms with E-state index >= 15 is 0 Å². The number of anilines is 1. The van der Waals surface area contributed by atoms with Gasteiger partial charge in [0.1, 0.15) is 5.75 Å². The van der Waals surface area contributed by atoms with Crippen molar-refractivity contribution in [3.63, 3.8) is 0 Å². The molecule has 34 heavy (non-hydrogen) atoms. The van der Waals surface area contributed by atoms with E-state index in [4.69, 9.17) is 9.47 Å². The van der Waals surface area contributed by atoms with Crippen LogP contribution in [0.2, 0.25) is 0 Å². The van der Waals surface area contributed by atoms with Crippen LogP contribution in [0.3, 0.4) is 0 Å². The molecule has 0 bridgehead atoms. The fraction of sp³-hybridized carbons (Fsp3) is 0.407. The second-order valence-corrected chi connectivity index (χ2v) is 9.33. The third-order valence-electron chi connectivity index (χ3n) is 7.07. The molecule has 0 saturated carbocycles. The van der Waals surface area contributed by atoms with Crippen molar-refractivity contribution in [2.24, 2.45) is 5.92 Å². The Labute approximate surface area is 199 Å². The van der Waals surface area contributed by atoms with Gasteiger partial charge in [-0.2, -0.15) is 0 Å². The van der Waals surface area contributed by atoms with E-state index < -0.39 is 5.97 Å². The number of esters is 1. The summed E-state index contributed by atoms with van der Waals surface area (Å²) < 4.78 is 10.6. The summed E-state index contributed by atoms with van der Waals surface area (Å²) in [6.45, 7) is 4.70. The maximum Gasteiger partial charge on any atom is 0.338 e. The van der Waals surface area contributed by atoms with Crippen LogP contribution < -0.4 is 9.64 Å². The number of carbonyl (C=O) groups excluding carboxylic acids is 2. The maximum atomic E-state index is 12.7. The van der Waals surface area contributed by atoms with Gasteiger partial charge in [-0.25, -0.2) is 4.79 Å². The number of rotatable bonds is 5. The highest BCUT2D eigenvalue weighted by Gasteiger charge is 2.24. The van der Waals surface area contributed by atoms with E-state index in [0.717, 1.165) is 48.3 Å². The van der Waals surface area contributed by atoms with Gasteiger partial charge < -0.3 is 24.3 Å².